The number of pyridine rings is 1. The first kappa shape index (κ1) is 38.6. The van der Waals surface area contributed by atoms with E-state index in [1.165, 1.54) is 88.5 Å². The molecule has 0 N–H and O–H groups in total. The van der Waals surface area contributed by atoms with Crippen LogP contribution in [0.25, 0.3) is 88.4 Å². The molecule has 0 atom stereocenters. The first-order valence-corrected chi connectivity index (χ1v) is 23.6. The number of aryl methyl sites for hydroxylation is 1. The van der Waals surface area contributed by atoms with Gasteiger partial charge < -0.3 is 13.7 Å². The standard InChI is InChI=1S/C63H48N2O2/c1-35-16-18-37(19-17-35)65(39-21-23-41-49(31-39)63(6,7)52-32-44(36-26-28-64-29-27-36)60-59(56(41)52)43-13-9-11-15-54(43)67-60)38-20-22-40-45-33-51-46(34-50(45)62(4,5)48(40)30-38)57-47(61(51,2)3)24-25-55-58(57)42-12-8-10-14-53(42)66-55/h8-34H,1-7H3. The summed E-state index contributed by atoms with van der Waals surface area (Å²) in [5.74, 6) is 0. The fraction of sp³-hybridized carbons (Fsp3) is 0.159. The van der Waals surface area contributed by atoms with E-state index >= 15 is 0 Å². The second-order valence-electron chi connectivity index (χ2n) is 20.8. The van der Waals surface area contributed by atoms with Gasteiger partial charge >= 0.3 is 0 Å². The van der Waals surface area contributed by atoms with E-state index in [0.29, 0.717) is 0 Å². The number of fused-ring (bicyclic) bond motifs is 17. The molecule has 11 aromatic rings. The van der Waals surface area contributed by atoms with Crippen LogP contribution in [0.2, 0.25) is 0 Å². The minimum atomic E-state index is -0.295. The number of furan rings is 2. The van der Waals surface area contributed by atoms with Crippen molar-refractivity contribution in [2.45, 2.75) is 64.7 Å². The lowest BCUT2D eigenvalue weighted by atomic mass is 9.79. The molecule has 0 radical (unpaired) electrons. The van der Waals surface area contributed by atoms with Crippen LogP contribution < -0.4 is 4.90 Å². The number of hydrogen-bond acceptors (Lipinski definition) is 4. The van der Waals surface area contributed by atoms with Gasteiger partial charge in [0.05, 0.1) is 0 Å². The second kappa shape index (κ2) is 13.0. The zero-order valence-corrected chi connectivity index (χ0v) is 38.8. The molecule has 3 aromatic heterocycles. The molecule has 0 unspecified atom stereocenters. The number of anilines is 3. The van der Waals surface area contributed by atoms with Gasteiger partial charge in [0.15, 0.2) is 0 Å². The van der Waals surface area contributed by atoms with Crippen LogP contribution in [0.5, 0.6) is 0 Å². The molecule has 3 heterocycles. The van der Waals surface area contributed by atoms with E-state index in [4.69, 9.17) is 8.83 Å². The van der Waals surface area contributed by atoms with Gasteiger partial charge in [-0.15, -0.1) is 0 Å². The molecule has 0 fully saturated rings. The summed E-state index contributed by atoms with van der Waals surface area (Å²) in [5.41, 5.74) is 25.7. The van der Waals surface area contributed by atoms with Gasteiger partial charge in [-0.05, 0) is 164 Å². The van der Waals surface area contributed by atoms with E-state index in [1.54, 1.807) is 0 Å². The van der Waals surface area contributed by atoms with Crippen LogP contribution in [-0.2, 0) is 16.2 Å². The number of benzene rings is 8. The quantitative estimate of drug-likeness (QED) is 0.177. The van der Waals surface area contributed by atoms with Gasteiger partial charge in [0.2, 0.25) is 0 Å². The van der Waals surface area contributed by atoms with Gasteiger partial charge in [-0.2, -0.15) is 0 Å². The molecule has 0 saturated heterocycles. The van der Waals surface area contributed by atoms with Crippen molar-refractivity contribution in [1.29, 1.82) is 0 Å². The van der Waals surface area contributed by atoms with Gasteiger partial charge in [-0.1, -0.05) is 114 Å². The highest BCUT2D eigenvalue weighted by Gasteiger charge is 2.44. The summed E-state index contributed by atoms with van der Waals surface area (Å²) in [4.78, 5) is 6.81. The van der Waals surface area contributed by atoms with Crippen LogP contribution in [0.4, 0.5) is 17.1 Å². The zero-order chi connectivity index (χ0) is 45.3. The molecular formula is C63H48N2O2. The average Bonchev–Trinajstić information content (AvgIpc) is 4.08. The molecule has 0 aliphatic heterocycles. The second-order valence-corrected chi connectivity index (χ2v) is 20.8. The number of para-hydroxylation sites is 2. The predicted molar refractivity (Wildman–Crippen MR) is 276 cm³/mol. The monoisotopic (exact) mass is 864 g/mol. The SMILES string of the molecule is Cc1ccc(N(c2ccc3c(c2)C(C)(C)c2cc4c(cc2-3)C(C)(C)c2ccc3oc5ccccc5c3c2-4)c2ccc3c(c2)C(C)(C)c2cc(-c4ccncc4)c4oc5ccccc5c4c2-3)cc1. The van der Waals surface area contributed by atoms with E-state index in [2.05, 4.69) is 210 Å². The van der Waals surface area contributed by atoms with Crippen molar-refractivity contribution in [2.75, 3.05) is 4.90 Å². The van der Waals surface area contributed by atoms with Gasteiger partial charge in [0, 0.05) is 72.8 Å². The van der Waals surface area contributed by atoms with Gasteiger partial charge in [-0.25, -0.2) is 0 Å². The van der Waals surface area contributed by atoms with E-state index in [0.717, 1.165) is 55.9 Å². The topological polar surface area (TPSA) is 42.4 Å². The van der Waals surface area contributed by atoms with Crippen LogP contribution in [0.15, 0.2) is 173 Å². The normalized spacial score (nSPS) is 15.4. The van der Waals surface area contributed by atoms with E-state index < -0.39 is 0 Å². The van der Waals surface area contributed by atoms with Crippen molar-refractivity contribution in [2.24, 2.45) is 0 Å². The third-order valence-electron chi connectivity index (χ3n) is 16.0. The fourth-order valence-electron chi connectivity index (χ4n) is 12.5. The highest BCUT2D eigenvalue weighted by molar-refractivity contribution is 6.19. The van der Waals surface area contributed by atoms with Crippen molar-refractivity contribution in [3.8, 4) is 44.5 Å². The highest BCUT2D eigenvalue weighted by Crippen LogP contribution is 2.60. The lowest BCUT2D eigenvalue weighted by Gasteiger charge is -2.30. The Morgan fingerprint density at radius 2 is 0.940 bits per heavy atom. The molecule has 4 heteroatoms. The van der Waals surface area contributed by atoms with Crippen LogP contribution >= 0.6 is 0 Å². The van der Waals surface area contributed by atoms with E-state index in [1.807, 2.05) is 12.4 Å². The molecule has 0 spiro atoms. The first-order valence-electron chi connectivity index (χ1n) is 23.6. The van der Waals surface area contributed by atoms with Crippen molar-refractivity contribution < 1.29 is 8.83 Å². The molecule has 3 aliphatic carbocycles. The van der Waals surface area contributed by atoms with E-state index in [9.17, 15) is 0 Å². The number of nitrogens with zero attached hydrogens (tertiary/aromatic N) is 2. The molecule has 0 bridgehead atoms. The van der Waals surface area contributed by atoms with E-state index in [-0.39, 0.29) is 16.2 Å². The molecule has 322 valence electrons. The highest BCUT2D eigenvalue weighted by atomic mass is 16.3. The van der Waals surface area contributed by atoms with Crippen molar-refractivity contribution in [3.63, 3.8) is 0 Å². The lowest BCUT2D eigenvalue weighted by molar-refractivity contribution is 0.651. The molecule has 3 aliphatic rings. The minimum absolute atomic E-state index is 0.167. The van der Waals surface area contributed by atoms with Crippen molar-refractivity contribution >= 4 is 60.9 Å². The predicted octanol–water partition coefficient (Wildman–Crippen LogP) is 17.2. The lowest BCUT2D eigenvalue weighted by Crippen LogP contribution is -2.18. The third kappa shape index (κ3) is 5.05. The average molecular weight is 865 g/mol. The summed E-state index contributed by atoms with van der Waals surface area (Å²) < 4.78 is 13.2. The molecule has 14 rings (SSSR count). The summed E-state index contributed by atoms with van der Waals surface area (Å²) in [5, 5.41) is 4.72. The maximum Gasteiger partial charge on any atom is 0.143 e. The number of rotatable bonds is 4. The fourth-order valence-corrected chi connectivity index (χ4v) is 12.5. The van der Waals surface area contributed by atoms with Crippen molar-refractivity contribution in [3.05, 3.63) is 203 Å². The Hall–Kier alpha value is -7.69. The first-order chi connectivity index (χ1) is 32.4. The maximum atomic E-state index is 6.76. The Labute approximate surface area is 390 Å². The zero-order valence-electron chi connectivity index (χ0n) is 38.8. The summed E-state index contributed by atoms with van der Waals surface area (Å²) in [6.45, 7) is 16.5. The van der Waals surface area contributed by atoms with Crippen LogP contribution in [0, 0.1) is 6.92 Å². The Bertz CT molecular complexity index is 3960. The number of aromatic nitrogens is 1. The Morgan fingerprint density at radius 1 is 0.403 bits per heavy atom. The third-order valence-corrected chi connectivity index (χ3v) is 16.0. The summed E-state index contributed by atoms with van der Waals surface area (Å²) in [6, 6.07) is 56.4. The molecule has 8 aromatic carbocycles. The maximum absolute atomic E-state index is 6.76. The molecular weight excluding hydrogens is 817 g/mol. The Morgan fingerprint density at radius 3 is 1.67 bits per heavy atom. The Balaban J connectivity index is 0.931. The molecule has 4 nitrogen and oxygen atoms in total. The smallest absolute Gasteiger partial charge is 0.143 e. The Kier molecular flexibility index (Phi) is 7.49. The largest absolute Gasteiger partial charge is 0.456 e. The van der Waals surface area contributed by atoms with Gasteiger partial charge in [0.1, 0.15) is 22.3 Å². The van der Waals surface area contributed by atoms with Crippen LogP contribution in [0.3, 0.4) is 0 Å². The van der Waals surface area contributed by atoms with Crippen molar-refractivity contribution in [1.82, 2.24) is 4.98 Å². The summed E-state index contributed by atoms with van der Waals surface area (Å²) in [6.07, 6.45) is 3.74. The number of hydrogen-bond donors (Lipinski definition) is 0. The molecule has 0 saturated carbocycles. The summed E-state index contributed by atoms with van der Waals surface area (Å²) >= 11 is 0. The van der Waals surface area contributed by atoms with Gasteiger partial charge in [-0.3, -0.25) is 4.98 Å². The van der Waals surface area contributed by atoms with Crippen LogP contribution in [-0.4, -0.2) is 4.98 Å². The molecule has 67 heavy (non-hydrogen) atoms. The van der Waals surface area contributed by atoms with Crippen LogP contribution in [0.1, 0.15) is 80.5 Å². The van der Waals surface area contributed by atoms with Gasteiger partial charge in [0.25, 0.3) is 0 Å². The summed E-state index contributed by atoms with van der Waals surface area (Å²) in [7, 11) is 0. The minimum Gasteiger partial charge on any atom is -0.456 e. The molecule has 0 amide bonds.